The minimum Gasteiger partial charge on any atom is -0.411 e. The highest BCUT2D eigenvalue weighted by Gasteiger charge is 2.37. The molecular weight excluding hydrogens is 352 g/mol. The quantitative estimate of drug-likeness (QED) is 0.793. The fourth-order valence-electron chi connectivity index (χ4n) is 2.44. The summed E-state index contributed by atoms with van der Waals surface area (Å²) >= 11 is 1.78. The molecule has 140 valence electrons. The second kappa shape index (κ2) is 8.20. The zero-order chi connectivity index (χ0) is 18.7. The van der Waals surface area contributed by atoms with Gasteiger partial charge in [0, 0.05) is 24.2 Å². The minimum absolute atomic E-state index is 0.00515. The van der Waals surface area contributed by atoms with E-state index in [0.29, 0.717) is 24.4 Å². The number of nitrogens with zero attached hydrogens (tertiary/aromatic N) is 2. The number of pyridine rings is 1. The van der Waals surface area contributed by atoms with E-state index in [1.165, 1.54) is 0 Å². The molecule has 1 atom stereocenters. The van der Waals surface area contributed by atoms with E-state index in [1.54, 1.807) is 28.9 Å². The Morgan fingerprint density at radius 2 is 2.20 bits per heavy atom. The normalized spacial score (nSPS) is 19.1. The van der Waals surface area contributed by atoms with Gasteiger partial charge < -0.3 is 14.4 Å². The van der Waals surface area contributed by atoms with Gasteiger partial charge in [-0.25, -0.2) is 0 Å². The highest BCUT2D eigenvalue weighted by atomic mass is 32.2. The van der Waals surface area contributed by atoms with Crippen LogP contribution in [0.5, 0.6) is 0 Å². The molecule has 1 aromatic heterocycles. The Morgan fingerprint density at radius 3 is 2.84 bits per heavy atom. The van der Waals surface area contributed by atoms with Crippen LogP contribution in [0.25, 0.3) is 0 Å². The van der Waals surface area contributed by atoms with Crippen LogP contribution >= 0.6 is 11.8 Å². The fourth-order valence-corrected chi connectivity index (χ4v) is 4.42. The van der Waals surface area contributed by atoms with Gasteiger partial charge in [0.25, 0.3) is 5.91 Å². The van der Waals surface area contributed by atoms with Crippen molar-refractivity contribution in [1.29, 1.82) is 0 Å². The third kappa shape index (κ3) is 4.84. The number of aliphatic hydroxyl groups excluding tert-OH is 1. The molecule has 1 N–H and O–H groups in total. The summed E-state index contributed by atoms with van der Waals surface area (Å²) < 4.78 is 6.26. The van der Waals surface area contributed by atoms with Gasteiger partial charge in [0.1, 0.15) is 0 Å². The van der Waals surface area contributed by atoms with Crippen molar-refractivity contribution < 1.29 is 14.3 Å². The number of aliphatic hydroxyl groups is 1. The van der Waals surface area contributed by atoms with Crippen LogP contribution in [-0.4, -0.2) is 59.9 Å². The Balaban J connectivity index is 2.18. The van der Waals surface area contributed by atoms with Gasteiger partial charge in [-0.2, -0.15) is 11.8 Å². The van der Waals surface area contributed by atoms with E-state index >= 15 is 0 Å². The minimum atomic E-state index is -1.91. The summed E-state index contributed by atoms with van der Waals surface area (Å²) in [7, 11) is -1.91. The van der Waals surface area contributed by atoms with E-state index in [0.717, 1.165) is 11.5 Å². The molecule has 5 nitrogen and oxygen atoms in total. The smallest absolute Gasteiger partial charge is 0.256 e. The van der Waals surface area contributed by atoms with Gasteiger partial charge in [-0.1, -0.05) is 20.8 Å². The van der Waals surface area contributed by atoms with Gasteiger partial charge in [0.2, 0.25) is 0 Å². The van der Waals surface area contributed by atoms with Crippen molar-refractivity contribution in [2.24, 2.45) is 0 Å². The molecule has 7 heteroatoms. The summed E-state index contributed by atoms with van der Waals surface area (Å²) in [6, 6.07) is 3.48. The summed E-state index contributed by atoms with van der Waals surface area (Å²) in [4.78, 5) is 19.2. The second-order valence-electron chi connectivity index (χ2n) is 7.96. The Hall–Kier alpha value is -0.893. The first-order valence-electron chi connectivity index (χ1n) is 8.75. The molecule has 0 aliphatic carbocycles. The van der Waals surface area contributed by atoms with Crippen LogP contribution in [0.15, 0.2) is 18.3 Å². The molecule has 1 fully saturated rings. The molecule has 1 amide bonds. The van der Waals surface area contributed by atoms with Crippen LogP contribution in [0.1, 0.15) is 36.8 Å². The van der Waals surface area contributed by atoms with Crippen molar-refractivity contribution in [3.63, 3.8) is 0 Å². The number of rotatable bonds is 5. The average molecular weight is 383 g/mol. The Kier molecular flexibility index (Phi) is 6.70. The number of carbonyl (C=O) groups is 1. The summed E-state index contributed by atoms with van der Waals surface area (Å²) in [5, 5.41) is 9.69. The molecule has 0 spiro atoms. The number of carbonyl (C=O) groups excluding carboxylic acids is 1. The SMILES string of the molecule is CC(C)(C)[Si](C)(C)OCc1ncccc1C(=O)N1CCSC[C@H]1CO. The third-order valence-corrected chi connectivity index (χ3v) is 10.8. The third-order valence-electron chi connectivity index (χ3n) is 5.20. The fraction of sp³-hybridized carbons (Fsp3) is 0.667. The van der Waals surface area contributed by atoms with Gasteiger partial charge >= 0.3 is 0 Å². The van der Waals surface area contributed by atoms with Gasteiger partial charge in [-0.05, 0) is 30.3 Å². The summed E-state index contributed by atoms with van der Waals surface area (Å²) in [6.07, 6.45) is 1.71. The van der Waals surface area contributed by atoms with Crippen molar-refractivity contribution in [1.82, 2.24) is 9.88 Å². The molecule has 0 radical (unpaired) electrons. The molecule has 0 aromatic carbocycles. The van der Waals surface area contributed by atoms with E-state index in [2.05, 4.69) is 38.8 Å². The van der Waals surface area contributed by atoms with Crippen molar-refractivity contribution in [2.75, 3.05) is 24.7 Å². The number of thioether (sulfide) groups is 1. The number of aromatic nitrogens is 1. The lowest BCUT2D eigenvalue weighted by Gasteiger charge is -2.36. The summed E-state index contributed by atoms with van der Waals surface area (Å²) in [6.45, 7) is 12.0. The largest absolute Gasteiger partial charge is 0.411 e. The van der Waals surface area contributed by atoms with Gasteiger partial charge in [0.15, 0.2) is 8.32 Å². The molecule has 0 bridgehead atoms. The van der Waals surface area contributed by atoms with Crippen LogP contribution in [-0.2, 0) is 11.0 Å². The van der Waals surface area contributed by atoms with E-state index in [9.17, 15) is 9.90 Å². The maximum atomic E-state index is 13.0. The molecule has 1 aliphatic heterocycles. The van der Waals surface area contributed by atoms with Gasteiger partial charge in [-0.3, -0.25) is 9.78 Å². The van der Waals surface area contributed by atoms with Crippen molar-refractivity contribution in [3.8, 4) is 0 Å². The Bertz CT molecular complexity index is 604. The summed E-state index contributed by atoms with van der Waals surface area (Å²) in [5.74, 6) is 1.62. The monoisotopic (exact) mass is 382 g/mol. The van der Waals surface area contributed by atoms with Crippen LogP contribution < -0.4 is 0 Å². The van der Waals surface area contributed by atoms with Gasteiger partial charge in [0.05, 0.1) is 30.5 Å². The topological polar surface area (TPSA) is 62.7 Å². The highest BCUT2D eigenvalue weighted by Crippen LogP contribution is 2.37. The second-order valence-corrected chi connectivity index (χ2v) is 13.9. The van der Waals surface area contributed by atoms with Crippen molar-refractivity contribution in [3.05, 3.63) is 29.6 Å². The van der Waals surface area contributed by atoms with E-state index in [-0.39, 0.29) is 23.6 Å². The molecule has 0 unspecified atom stereocenters. The van der Waals surface area contributed by atoms with Crippen LogP contribution in [0.4, 0.5) is 0 Å². The maximum absolute atomic E-state index is 13.0. The molecule has 1 saturated heterocycles. The van der Waals surface area contributed by atoms with E-state index < -0.39 is 8.32 Å². The van der Waals surface area contributed by atoms with Crippen molar-refractivity contribution in [2.45, 2.75) is 51.6 Å². The standard InChI is InChI=1S/C18H30N2O3SSi/c1-18(2,3)25(4,5)23-12-16-15(7-6-8-19-16)17(22)20-9-10-24-13-14(20)11-21/h6-8,14,21H,9-13H2,1-5H3/t14-/m1/s1. The molecule has 1 aliphatic rings. The Morgan fingerprint density at radius 1 is 1.48 bits per heavy atom. The number of hydrogen-bond donors (Lipinski definition) is 1. The van der Waals surface area contributed by atoms with Crippen molar-refractivity contribution >= 4 is 26.0 Å². The predicted octanol–water partition coefficient (Wildman–Crippen LogP) is 3.15. The number of amides is 1. The summed E-state index contributed by atoms with van der Waals surface area (Å²) in [5.41, 5.74) is 1.28. The van der Waals surface area contributed by atoms with Crippen LogP contribution in [0, 0.1) is 0 Å². The first-order valence-corrected chi connectivity index (χ1v) is 12.8. The van der Waals surface area contributed by atoms with Crippen LogP contribution in [0.2, 0.25) is 18.1 Å². The highest BCUT2D eigenvalue weighted by molar-refractivity contribution is 7.99. The predicted molar refractivity (Wildman–Crippen MR) is 105 cm³/mol. The van der Waals surface area contributed by atoms with E-state index in [1.807, 2.05) is 6.07 Å². The number of hydrogen-bond acceptors (Lipinski definition) is 5. The first kappa shape index (κ1) is 20.4. The molecular formula is C18H30N2O3SSi. The zero-order valence-electron chi connectivity index (χ0n) is 15.9. The van der Waals surface area contributed by atoms with Gasteiger partial charge in [-0.15, -0.1) is 0 Å². The zero-order valence-corrected chi connectivity index (χ0v) is 17.7. The molecule has 2 heterocycles. The Labute approximate surface area is 156 Å². The first-order chi connectivity index (χ1) is 11.7. The molecule has 2 rings (SSSR count). The van der Waals surface area contributed by atoms with E-state index in [4.69, 9.17) is 4.43 Å². The van der Waals surface area contributed by atoms with Crippen LogP contribution in [0.3, 0.4) is 0 Å². The molecule has 1 aromatic rings. The molecule has 0 saturated carbocycles. The average Bonchev–Trinajstić information content (AvgIpc) is 2.58. The molecule has 25 heavy (non-hydrogen) atoms. The lowest BCUT2D eigenvalue weighted by molar-refractivity contribution is 0.0628. The lowest BCUT2D eigenvalue weighted by atomic mass is 10.1. The lowest BCUT2D eigenvalue weighted by Crippen LogP contribution is -2.48. The maximum Gasteiger partial charge on any atom is 0.256 e.